The first-order valence-electron chi connectivity index (χ1n) is 5.99. The molecule has 0 unspecified atom stereocenters. The Balaban J connectivity index is 1.69. The molecule has 0 aliphatic rings. The van der Waals surface area contributed by atoms with E-state index in [0.717, 1.165) is 10.5 Å². The number of amides is 1. The van der Waals surface area contributed by atoms with E-state index in [4.69, 9.17) is 0 Å². The largest absolute Gasteiger partial charge is 0.325 e. The van der Waals surface area contributed by atoms with E-state index in [-0.39, 0.29) is 17.9 Å². The van der Waals surface area contributed by atoms with Gasteiger partial charge in [-0.3, -0.25) is 14.2 Å². The first-order valence-corrected chi connectivity index (χ1v) is 7.81. The molecule has 0 saturated carbocycles. The molecular formula is C13H11N3O2S2. The van der Waals surface area contributed by atoms with Gasteiger partial charge < -0.3 is 5.32 Å². The standard InChI is InChI=1S/C13H11N3O2S2/c17-11(15-9-2-5-19-7-9)1-4-16-8-14-12-10(13(16)18)3-6-20-12/h2-3,5-8H,1,4H2,(H,15,17). The number of rotatable bonds is 4. The molecular weight excluding hydrogens is 294 g/mol. The number of aryl methyl sites for hydroxylation is 1. The van der Waals surface area contributed by atoms with Gasteiger partial charge in [0.25, 0.3) is 5.56 Å². The number of aromatic nitrogens is 2. The predicted octanol–water partition coefficient (Wildman–Crippen LogP) is 2.55. The highest BCUT2D eigenvalue weighted by Crippen LogP contribution is 2.14. The van der Waals surface area contributed by atoms with Crippen molar-refractivity contribution in [1.82, 2.24) is 9.55 Å². The lowest BCUT2D eigenvalue weighted by Gasteiger charge is -2.05. The topological polar surface area (TPSA) is 64.0 Å². The van der Waals surface area contributed by atoms with Crippen molar-refractivity contribution in [2.45, 2.75) is 13.0 Å². The van der Waals surface area contributed by atoms with E-state index >= 15 is 0 Å². The number of carbonyl (C=O) groups excluding carboxylic acids is 1. The summed E-state index contributed by atoms with van der Waals surface area (Å²) >= 11 is 2.96. The highest BCUT2D eigenvalue weighted by Gasteiger charge is 2.07. The second kappa shape index (κ2) is 5.56. The molecule has 3 heterocycles. The highest BCUT2D eigenvalue weighted by atomic mass is 32.1. The fourth-order valence-electron chi connectivity index (χ4n) is 1.83. The fraction of sp³-hybridized carbons (Fsp3) is 0.154. The third-order valence-electron chi connectivity index (χ3n) is 2.84. The van der Waals surface area contributed by atoms with Crippen molar-refractivity contribution in [3.63, 3.8) is 0 Å². The molecule has 102 valence electrons. The number of fused-ring (bicyclic) bond motifs is 1. The monoisotopic (exact) mass is 305 g/mol. The molecule has 0 aliphatic heterocycles. The average Bonchev–Trinajstić information content (AvgIpc) is 3.09. The minimum atomic E-state index is -0.110. The Morgan fingerprint density at radius 2 is 2.25 bits per heavy atom. The first-order chi connectivity index (χ1) is 9.74. The summed E-state index contributed by atoms with van der Waals surface area (Å²) in [7, 11) is 0. The third-order valence-corrected chi connectivity index (χ3v) is 4.34. The van der Waals surface area contributed by atoms with Crippen LogP contribution in [0.4, 0.5) is 5.69 Å². The second-order valence-electron chi connectivity index (χ2n) is 4.19. The SMILES string of the molecule is O=C(CCn1cnc2sccc2c1=O)Nc1ccsc1. The Morgan fingerprint density at radius 3 is 3.05 bits per heavy atom. The van der Waals surface area contributed by atoms with Crippen LogP contribution in [0.1, 0.15) is 6.42 Å². The lowest BCUT2D eigenvalue weighted by atomic mass is 10.3. The molecule has 5 nitrogen and oxygen atoms in total. The average molecular weight is 305 g/mol. The number of thiophene rings is 2. The van der Waals surface area contributed by atoms with Gasteiger partial charge in [0.2, 0.25) is 5.91 Å². The van der Waals surface area contributed by atoms with Crippen LogP contribution in [0.15, 0.2) is 39.4 Å². The zero-order chi connectivity index (χ0) is 13.9. The Hall–Kier alpha value is -1.99. The molecule has 0 aliphatic carbocycles. The molecule has 3 aromatic heterocycles. The van der Waals surface area contributed by atoms with Crippen LogP contribution in [0.3, 0.4) is 0 Å². The molecule has 3 aromatic rings. The molecule has 20 heavy (non-hydrogen) atoms. The van der Waals surface area contributed by atoms with Crippen molar-refractivity contribution >= 4 is 44.5 Å². The van der Waals surface area contributed by atoms with Crippen molar-refractivity contribution in [3.8, 4) is 0 Å². The summed E-state index contributed by atoms with van der Waals surface area (Å²) in [5.74, 6) is -0.110. The molecule has 0 bridgehead atoms. The van der Waals surface area contributed by atoms with E-state index in [0.29, 0.717) is 11.9 Å². The van der Waals surface area contributed by atoms with Crippen molar-refractivity contribution in [1.29, 1.82) is 0 Å². The van der Waals surface area contributed by atoms with Crippen molar-refractivity contribution in [2.75, 3.05) is 5.32 Å². The van der Waals surface area contributed by atoms with Gasteiger partial charge in [-0.05, 0) is 22.9 Å². The molecule has 1 N–H and O–H groups in total. The number of nitrogens with zero attached hydrogens (tertiary/aromatic N) is 2. The number of carbonyl (C=O) groups is 1. The molecule has 0 fully saturated rings. The van der Waals surface area contributed by atoms with Crippen LogP contribution < -0.4 is 10.9 Å². The normalized spacial score (nSPS) is 10.8. The summed E-state index contributed by atoms with van der Waals surface area (Å²) in [5.41, 5.74) is 0.693. The van der Waals surface area contributed by atoms with Gasteiger partial charge in [-0.25, -0.2) is 4.98 Å². The summed E-state index contributed by atoms with van der Waals surface area (Å²) in [5, 5.41) is 8.99. The van der Waals surface area contributed by atoms with Crippen molar-refractivity contribution in [2.24, 2.45) is 0 Å². The molecule has 0 aromatic carbocycles. The van der Waals surface area contributed by atoms with E-state index in [1.54, 1.807) is 6.07 Å². The molecule has 0 radical (unpaired) electrons. The molecule has 1 amide bonds. The number of hydrogen-bond acceptors (Lipinski definition) is 5. The summed E-state index contributed by atoms with van der Waals surface area (Å²) in [6.07, 6.45) is 1.74. The van der Waals surface area contributed by atoms with Crippen LogP contribution in [-0.4, -0.2) is 15.5 Å². The quantitative estimate of drug-likeness (QED) is 0.805. The van der Waals surface area contributed by atoms with Crippen LogP contribution >= 0.6 is 22.7 Å². The zero-order valence-electron chi connectivity index (χ0n) is 10.4. The second-order valence-corrected chi connectivity index (χ2v) is 5.87. The number of anilines is 1. The highest BCUT2D eigenvalue weighted by molar-refractivity contribution is 7.16. The Bertz CT molecular complexity index is 789. The molecule has 3 rings (SSSR count). The van der Waals surface area contributed by atoms with E-state index in [1.807, 2.05) is 22.2 Å². The van der Waals surface area contributed by atoms with Gasteiger partial charge in [0, 0.05) is 18.3 Å². The molecule has 7 heteroatoms. The van der Waals surface area contributed by atoms with Gasteiger partial charge in [-0.1, -0.05) is 0 Å². The zero-order valence-corrected chi connectivity index (χ0v) is 12.0. The van der Waals surface area contributed by atoms with Gasteiger partial charge in [0.1, 0.15) is 4.83 Å². The van der Waals surface area contributed by atoms with Gasteiger partial charge in [0.15, 0.2) is 0 Å². The smallest absolute Gasteiger partial charge is 0.262 e. The van der Waals surface area contributed by atoms with Gasteiger partial charge in [0.05, 0.1) is 17.4 Å². The van der Waals surface area contributed by atoms with E-state index in [9.17, 15) is 9.59 Å². The maximum atomic E-state index is 12.1. The lowest BCUT2D eigenvalue weighted by molar-refractivity contribution is -0.116. The Kier molecular flexibility index (Phi) is 3.62. The fourth-order valence-corrected chi connectivity index (χ4v) is 3.14. The maximum Gasteiger partial charge on any atom is 0.262 e. The predicted molar refractivity (Wildman–Crippen MR) is 81.4 cm³/mol. The lowest BCUT2D eigenvalue weighted by Crippen LogP contribution is -2.23. The third kappa shape index (κ3) is 2.63. The summed E-state index contributed by atoms with van der Waals surface area (Å²) < 4.78 is 1.47. The van der Waals surface area contributed by atoms with Gasteiger partial charge in [-0.2, -0.15) is 11.3 Å². The summed E-state index contributed by atoms with van der Waals surface area (Å²) in [6, 6.07) is 3.60. The van der Waals surface area contributed by atoms with E-state index in [1.165, 1.54) is 33.6 Å². The minimum Gasteiger partial charge on any atom is -0.325 e. The van der Waals surface area contributed by atoms with Crippen molar-refractivity contribution < 1.29 is 4.79 Å². The maximum absolute atomic E-state index is 12.1. The van der Waals surface area contributed by atoms with Crippen LogP contribution in [0.25, 0.3) is 10.2 Å². The van der Waals surface area contributed by atoms with Crippen LogP contribution in [0.2, 0.25) is 0 Å². The van der Waals surface area contributed by atoms with Crippen LogP contribution in [0.5, 0.6) is 0 Å². The first kappa shape index (κ1) is 13.0. The minimum absolute atomic E-state index is 0.0976. The Morgan fingerprint density at radius 1 is 1.35 bits per heavy atom. The number of nitrogens with one attached hydrogen (secondary N) is 1. The molecule has 0 atom stereocenters. The molecule has 0 saturated heterocycles. The van der Waals surface area contributed by atoms with Gasteiger partial charge in [-0.15, -0.1) is 11.3 Å². The van der Waals surface area contributed by atoms with Crippen LogP contribution in [0, 0.1) is 0 Å². The summed E-state index contributed by atoms with van der Waals surface area (Å²) in [6.45, 7) is 0.327. The van der Waals surface area contributed by atoms with Crippen molar-refractivity contribution in [3.05, 3.63) is 45.0 Å². The van der Waals surface area contributed by atoms with Crippen LogP contribution in [-0.2, 0) is 11.3 Å². The van der Waals surface area contributed by atoms with E-state index < -0.39 is 0 Å². The van der Waals surface area contributed by atoms with E-state index in [2.05, 4.69) is 10.3 Å². The molecule has 0 spiro atoms. The van der Waals surface area contributed by atoms with Gasteiger partial charge >= 0.3 is 0 Å². The number of hydrogen-bond donors (Lipinski definition) is 1. The summed E-state index contributed by atoms with van der Waals surface area (Å²) in [4.78, 5) is 28.8. The Labute approximate surface area is 122 Å².